The van der Waals surface area contributed by atoms with Gasteiger partial charge in [0.15, 0.2) is 0 Å². The van der Waals surface area contributed by atoms with E-state index in [2.05, 4.69) is 32.0 Å². The maximum atomic E-state index is 13.4. The highest BCUT2D eigenvalue weighted by Gasteiger charge is 2.38. The van der Waals surface area contributed by atoms with Crippen molar-refractivity contribution >= 4 is 28.2 Å². The summed E-state index contributed by atoms with van der Waals surface area (Å²) >= 11 is 0.633. The smallest absolute Gasteiger partial charge is 0.385 e. The van der Waals surface area contributed by atoms with E-state index in [0.717, 1.165) is 31.1 Å². The fraction of sp³-hybridized carbons (Fsp3) is 0.524. The average Bonchev–Trinajstić information content (AvgIpc) is 3.11. The predicted octanol–water partition coefficient (Wildman–Crippen LogP) is 2.31. The van der Waals surface area contributed by atoms with Crippen LogP contribution in [0, 0.1) is 0 Å². The van der Waals surface area contributed by atoms with Gasteiger partial charge in [0, 0.05) is 57.0 Å². The minimum absolute atomic E-state index is 0.248. The van der Waals surface area contributed by atoms with Gasteiger partial charge in [0.1, 0.15) is 10.7 Å². The number of pyridine rings is 1. The second kappa shape index (κ2) is 9.13. The summed E-state index contributed by atoms with van der Waals surface area (Å²) in [5.41, 5.74) is 0.984. The normalized spacial score (nSPS) is 19.3. The Balaban J connectivity index is 1.80. The first-order chi connectivity index (χ1) is 14.9. The molecule has 2 aliphatic heterocycles. The lowest BCUT2D eigenvalue weighted by atomic mass is 10.1. The molecule has 0 aromatic carbocycles. The zero-order valence-corrected chi connectivity index (χ0v) is 18.4. The fourth-order valence-electron chi connectivity index (χ4n) is 4.19. The van der Waals surface area contributed by atoms with Crippen molar-refractivity contribution in [1.82, 2.24) is 19.8 Å². The number of ether oxygens (including phenoxy) is 1. The monoisotopic (exact) mass is 453 g/mol. The molecule has 6 nitrogen and oxygen atoms in total. The molecule has 1 fully saturated rings. The number of hydrogen-bond donors (Lipinski definition) is 1. The molecule has 0 radical (unpaired) electrons. The highest BCUT2D eigenvalue weighted by molar-refractivity contribution is 7.16. The van der Waals surface area contributed by atoms with Crippen LogP contribution in [0.25, 0.3) is 11.9 Å². The third-order valence-electron chi connectivity index (χ3n) is 5.60. The van der Waals surface area contributed by atoms with E-state index in [1.807, 2.05) is 12.1 Å². The largest absolute Gasteiger partial charge is 0.443 e. The quantitative estimate of drug-likeness (QED) is 0.725. The van der Waals surface area contributed by atoms with Crippen molar-refractivity contribution in [2.45, 2.75) is 32.0 Å². The molecular formula is C21H26F3N5OS. The summed E-state index contributed by atoms with van der Waals surface area (Å²) in [5.74, 6) is 0. The van der Waals surface area contributed by atoms with Crippen molar-refractivity contribution < 1.29 is 17.9 Å². The van der Waals surface area contributed by atoms with Crippen molar-refractivity contribution in [2.75, 3.05) is 45.2 Å². The van der Waals surface area contributed by atoms with E-state index in [1.165, 1.54) is 0 Å². The molecule has 31 heavy (non-hydrogen) atoms. The van der Waals surface area contributed by atoms with E-state index in [-0.39, 0.29) is 6.04 Å². The Morgan fingerprint density at radius 3 is 2.90 bits per heavy atom. The Morgan fingerprint density at radius 1 is 1.32 bits per heavy atom. The van der Waals surface area contributed by atoms with Crippen molar-refractivity contribution in [2.24, 2.45) is 0 Å². The highest BCUT2D eigenvalue weighted by Crippen LogP contribution is 2.39. The number of fused-ring (bicyclic) bond motifs is 2. The molecule has 4 heterocycles. The molecule has 0 amide bonds. The number of nitrogens with one attached hydrogen (secondary N) is 1. The highest BCUT2D eigenvalue weighted by atomic mass is 32.1. The predicted molar refractivity (Wildman–Crippen MR) is 115 cm³/mol. The molecular weight excluding hydrogens is 427 g/mol. The van der Waals surface area contributed by atoms with Crippen LogP contribution in [-0.4, -0.2) is 65.7 Å². The van der Waals surface area contributed by atoms with Crippen LogP contribution in [0.1, 0.15) is 30.5 Å². The molecule has 1 atom stereocenters. The molecule has 1 N–H and O–H groups in total. The topological polar surface area (TPSA) is 53.5 Å². The summed E-state index contributed by atoms with van der Waals surface area (Å²) in [7, 11) is 1.69. The minimum atomic E-state index is -4.49. The molecule has 168 valence electrons. The van der Waals surface area contributed by atoms with E-state index < -0.39 is 11.2 Å². The third kappa shape index (κ3) is 4.56. The lowest BCUT2D eigenvalue weighted by molar-refractivity contribution is -0.137. The van der Waals surface area contributed by atoms with Gasteiger partial charge in [0.2, 0.25) is 5.01 Å². The Labute approximate surface area is 183 Å². The Kier molecular flexibility index (Phi) is 6.49. The lowest BCUT2D eigenvalue weighted by Crippen LogP contribution is -2.54. The van der Waals surface area contributed by atoms with Crippen LogP contribution in [0.4, 0.5) is 18.2 Å². The molecule has 2 aromatic rings. The molecule has 1 saturated heterocycles. The van der Waals surface area contributed by atoms with Crippen LogP contribution in [0.2, 0.25) is 0 Å². The van der Waals surface area contributed by atoms with E-state index in [0.29, 0.717) is 52.8 Å². The molecule has 1 unspecified atom stereocenters. The van der Waals surface area contributed by atoms with Gasteiger partial charge in [-0.2, -0.15) is 13.2 Å². The van der Waals surface area contributed by atoms with Crippen LogP contribution >= 0.6 is 11.3 Å². The van der Waals surface area contributed by atoms with Gasteiger partial charge in [-0.15, -0.1) is 0 Å². The number of piperazine rings is 1. The van der Waals surface area contributed by atoms with Gasteiger partial charge in [0.05, 0.1) is 11.0 Å². The second-order valence-electron chi connectivity index (χ2n) is 7.69. The fourth-order valence-corrected chi connectivity index (χ4v) is 4.99. The van der Waals surface area contributed by atoms with Gasteiger partial charge in [-0.05, 0) is 31.5 Å². The maximum absolute atomic E-state index is 13.4. The number of alkyl halides is 3. The number of hydrogen-bond acceptors (Lipinski definition) is 7. The summed E-state index contributed by atoms with van der Waals surface area (Å²) in [5, 5.41) is 4.06. The van der Waals surface area contributed by atoms with Crippen molar-refractivity contribution in [1.29, 1.82) is 0 Å². The Morgan fingerprint density at radius 2 is 2.16 bits per heavy atom. The van der Waals surface area contributed by atoms with Gasteiger partial charge in [-0.1, -0.05) is 18.3 Å². The number of halogens is 3. The van der Waals surface area contributed by atoms with Gasteiger partial charge in [-0.3, -0.25) is 9.88 Å². The van der Waals surface area contributed by atoms with E-state index >= 15 is 0 Å². The zero-order chi connectivity index (χ0) is 22.0. The molecule has 0 spiro atoms. The number of aromatic nitrogens is 2. The van der Waals surface area contributed by atoms with E-state index in [1.54, 1.807) is 19.5 Å². The summed E-state index contributed by atoms with van der Waals surface area (Å²) in [6, 6.07) is 3.98. The minimum Gasteiger partial charge on any atom is -0.385 e. The molecule has 2 aliphatic rings. The summed E-state index contributed by atoms with van der Waals surface area (Å²) in [6.45, 7) is 6.00. The second-order valence-corrected chi connectivity index (χ2v) is 8.69. The number of anilines is 1. The summed E-state index contributed by atoms with van der Waals surface area (Å²) in [6.07, 6.45) is 0.802. The van der Waals surface area contributed by atoms with Crippen LogP contribution in [0.15, 0.2) is 18.3 Å². The van der Waals surface area contributed by atoms with Gasteiger partial charge in [-0.25, -0.2) is 4.98 Å². The number of nitrogens with zero attached hydrogens (tertiary/aromatic N) is 4. The van der Waals surface area contributed by atoms with Gasteiger partial charge in [0.25, 0.3) is 0 Å². The van der Waals surface area contributed by atoms with Crippen LogP contribution in [-0.2, 0) is 10.9 Å². The summed E-state index contributed by atoms with van der Waals surface area (Å²) in [4.78, 5) is 13.2. The first-order valence-corrected chi connectivity index (χ1v) is 11.2. The van der Waals surface area contributed by atoms with Gasteiger partial charge >= 0.3 is 6.18 Å². The molecule has 4 rings (SSSR count). The van der Waals surface area contributed by atoms with Crippen LogP contribution < -0.4 is 15.9 Å². The SMILES string of the molecule is CCCN1CCN(C2=c3ncccc3=CNc3sc(C(F)(F)F)nc32)CC1CCOC. The molecule has 0 bridgehead atoms. The summed E-state index contributed by atoms with van der Waals surface area (Å²) < 4.78 is 45.6. The molecule has 2 aromatic heterocycles. The van der Waals surface area contributed by atoms with Crippen molar-refractivity contribution in [3.8, 4) is 0 Å². The van der Waals surface area contributed by atoms with E-state index in [4.69, 9.17) is 4.74 Å². The molecule has 0 aliphatic carbocycles. The van der Waals surface area contributed by atoms with Crippen LogP contribution in [0.5, 0.6) is 0 Å². The van der Waals surface area contributed by atoms with Crippen molar-refractivity contribution in [3.05, 3.63) is 39.6 Å². The van der Waals surface area contributed by atoms with E-state index in [9.17, 15) is 13.2 Å². The molecule has 10 heteroatoms. The number of methoxy groups -OCH3 is 1. The lowest BCUT2D eigenvalue weighted by Gasteiger charge is -2.43. The van der Waals surface area contributed by atoms with Crippen LogP contribution in [0.3, 0.4) is 0 Å². The maximum Gasteiger partial charge on any atom is 0.443 e. The molecule has 0 saturated carbocycles. The average molecular weight is 454 g/mol. The number of thiazole rings is 1. The number of rotatable bonds is 6. The zero-order valence-electron chi connectivity index (χ0n) is 17.6. The Hall–Kier alpha value is -2.17. The third-order valence-corrected chi connectivity index (χ3v) is 6.63. The Bertz CT molecular complexity index is 1040. The first-order valence-electron chi connectivity index (χ1n) is 10.4. The van der Waals surface area contributed by atoms with Gasteiger partial charge < -0.3 is 15.0 Å². The first kappa shape index (κ1) is 22.0. The van der Waals surface area contributed by atoms with Crippen molar-refractivity contribution in [3.63, 3.8) is 0 Å². The standard InChI is InChI=1S/C21H26F3N5OS/c1-3-8-28-9-10-29(13-15(28)6-11-30-2)18-16-14(5-4-7-25-16)12-26-19-17(18)27-20(31-19)21(22,23)24/h4-5,7,12,15,26H,3,6,8-11,13H2,1-2H3.